The van der Waals surface area contributed by atoms with E-state index in [1.165, 1.54) is 6.08 Å². The number of amides is 4. The van der Waals surface area contributed by atoms with Crippen LogP contribution in [0, 0.1) is 6.92 Å². The molecule has 1 fully saturated rings. The van der Waals surface area contributed by atoms with E-state index >= 15 is 0 Å². The van der Waals surface area contributed by atoms with Crippen molar-refractivity contribution in [3.63, 3.8) is 0 Å². The number of anilines is 1. The molecule has 8 heteroatoms. The lowest BCUT2D eigenvalue weighted by atomic mass is 10.1. The smallest absolute Gasteiger partial charge is 0.335 e. The molecule has 0 spiro atoms. The number of ether oxygens (including phenoxy) is 2. The van der Waals surface area contributed by atoms with Crippen LogP contribution in [0.15, 0.2) is 46.4 Å². The van der Waals surface area contributed by atoms with Gasteiger partial charge in [0.1, 0.15) is 5.57 Å². The number of carbonyl (C=O) groups excluding carboxylic acids is 3. The first-order valence-corrected chi connectivity index (χ1v) is 8.80. The molecule has 2 heterocycles. The predicted octanol–water partition coefficient (Wildman–Crippen LogP) is 3.15. The van der Waals surface area contributed by atoms with Crippen LogP contribution in [0.2, 0.25) is 0 Å². The number of hydrogen-bond acceptors (Lipinski definition) is 5. The molecule has 4 amide bonds. The largest absolute Gasteiger partial charge is 0.454 e. The summed E-state index contributed by atoms with van der Waals surface area (Å²) < 4.78 is 11.3. The molecule has 2 aromatic carbocycles. The van der Waals surface area contributed by atoms with Crippen LogP contribution in [0.25, 0.3) is 6.08 Å². The number of nitrogens with one attached hydrogen (secondary N) is 1. The number of fused-ring (bicyclic) bond motifs is 1. The van der Waals surface area contributed by atoms with Gasteiger partial charge in [-0.3, -0.25) is 14.9 Å². The maximum atomic E-state index is 12.9. The average molecular weight is 429 g/mol. The summed E-state index contributed by atoms with van der Waals surface area (Å²) in [5.74, 6) is -0.366. The molecule has 1 N–H and O–H groups in total. The lowest BCUT2D eigenvalue weighted by molar-refractivity contribution is -0.122. The molecule has 0 unspecified atom stereocenters. The molecule has 0 saturated carbocycles. The van der Waals surface area contributed by atoms with E-state index < -0.39 is 17.8 Å². The summed E-state index contributed by atoms with van der Waals surface area (Å²) in [5, 5.41) is 2.20. The molecular formula is C19H13BrN2O5. The van der Waals surface area contributed by atoms with E-state index in [-0.39, 0.29) is 12.4 Å². The fourth-order valence-corrected chi connectivity index (χ4v) is 3.22. The Balaban J connectivity index is 1.75. The number of halogens is 1. The van der Waals surface area contributed by atoms with Crippen molar-refractivity contribution < 1.29 is 23.9 Å². The third kappa shape index (κ3) is 3.08. The molecule has 0 atom stereocenters. The van der Waals surface area contributed by atoms with Gasteiger partial charge in [-0.15, -0.1) is 0 Å². The van der Waals surface area contributed by atoms with Crippen molar-refractivity contribution in [3.05, 3.63) is 57.6 Å². The Kier molecular flexibility index (Phi) is 4.19. The highest BCUT2D eigenvalue weighted by Crippen LogP contribution is 2.38. The standard InChI is InChI=1S/C19H13BrN2O5/c1-10-2-4-12(5-3-10)22-18(24)13(17(23)21-19(22)25)6-11-7-15-16(8-14(11)20)27-9-26-15/h2-8H,9H2,1H3,(H,21,23,25)/b13-6+. The Bertz CT molecular complexity index is 1010. The number of rotatable bonds is 2. The van der Waals surface area contributed by atoms with Crippen LogP contribution in [-0.4, -0.2) is 24.6 Å². The van der Waals surface area contributed by atoms with E-state index in [0.29, 0.717) is 27.2 Å². The van der Waals surface area contributed by atoms with E-state index in [0.717, 1.165) is 10.5 Å². The molecule has 2 aliphatic heterocycles. The Morgan fingerprint density at radius 1 is 1.07 bits per heavy atom. The number of imide groups is 2. The third-order valence-electron chi connectivity index (χ3n) is 4.19. The van der Waals surface area contributed by atoms with E-state index in [4.69, 9.17) is 9.47 Å². The zero-order valence-corrected chi connectivity index (χ0v) is 15.7. The number of carbonyl (C=O) groups is 3. The molecule has 4 rings (SSSR count). The highest BCUT2D eigenvalue weighted by molar-refractivity contribution is 9.10. The van der Waals surface area contributed by atoms with Gasteiger partial charge in [0.15, 0.2) is 11.5 Å². The Morgan fingerprint density at radius 3 is 2.44 bits per heavy atom. The Labute approximate surface area is 162 Å². The summed E-state index contributed by atoms with van der Waals surface area (Å²) in [6.07, 6.45) is 1.41. The van der Waals surface area contributed by atoms with Crippen molar-refractivity contribution in [1.29, 1.82) is 0 Å². The van der Waals surface area contributed by atoms with Crippen LogP contribution in [0.5, 0.6) is 11.5 Å². The van der Waals surface area contributed by atoms with Crippen molar-refractivity contribution >= 4 is 45.5 Å². The van der Waals surface area contributed by atoms with Gasteiger partial charge in [-0.05, 0) is 42.8 Å². The Morgan fingerprint density at radius 2 is 1.74 bits per heavy atom. The summed E-state index contributed by atoms with van der Waals surface area (Å²) in [4.78, 5) is 38.3. The predicted molar refractivity (Wildman–Crippen MR) is 100 cm³/mol. The normalized spacial score (nSPS) is 17.5. The van der Waals surface area contributed by atoms with Crippen molar-refractivity contribution in [2.45, 2.75) is 6.92 Å². The monoisotopic (exact) mass is 428 g/mol. The maximum Gasteiger partial charge on any atom is 0.335 e. The summed E-state index contributed by atoms with van der Waals surface area (Å²) >= 11 is 3.39. The molecule has 27 heavy (non-hydrogen) atoms. The third-order valence-corrected chi connectivity index (χ3v) is 4.87. The second-order valence-electron chi connectivity index (χ2n) is 6.02. The van der Waals surface area contributed by atoms with Crippen molar-refractivity contribution in [2.75, 3.05) is 11.7 Å². The molecule has 1 saturated heterocycles. The van der Waals surface area contributed by atoms with E-state index in [9.17, 15) is 14.4 Å². The molecule has 2 aromatic rings. The molecule has 0 radical (unpaired) electrons. The molecule has 2 aliphatic rings. The van der Waals surface area contributed by atoms with E-state index in [1.807, 2.05) is 6.92 Å². The molecular weight excluding hydrogens is 416 g/mol. The SMILES string of the molecule is Cc1ccc(N2C(=O)NC(=O)/C(=C\c3cc4c(cc3Br)OCO4)C2=O)cc1. The van der Waals surface area contributed by atoms with E-state index in [1.54, 1.807) is 36.4 Å². The number of nitrogens with zero attached hydrogens (tertiary/aromatic N) is 1. The van der Waals surface area contributed by atoms with Gasteiger partial charge < -0.3 is 9.47 Å². The van der Waals surface area contributed by atoms with Gasteiger partial charge in [0.25, 0.3) is 11.8 Å². The van der Waals surface area contributed by atoms with Crippen LogP contribution in [0.1, 0.15) is 11.1 Å². The van der Waals surface area contributed by atoms with Gasteiger partial charge in [0.05, 0.1) is 5.69 Å². The van der Waals surface area contributed by atoms with Crippen LogP contribution < -0.4 is 19.7 Å². The van der Waals surface area contributed by atoms with Gasteiger partial charge in [0.2, 0.25) is 6.79 Å². The minimum atomic E-state index is -0.782. The molecule has 0 aliphatic carbocycles. The van der Waals surface area contributed by atoms with Crippen molar-refractivity contribution in [2.24, 2.45) is 0 Å². The maximum absolute atomic E-state index is 12.9. The molecule has 0 bridgehead atoms. The van der Waals surface area contributed by atoms with Crippen LogP contribution in [-0.2, 0) is 9.59 Å². The van der Waals surface area contributed by atoms with E-state index in [2.05, 4.69) is 21.2 Å². The van der Waals surface area contributed by atoms with Crippen LogP contribution in [0.4, 0.5) is 10.5 Å². The van der Waals surface area contributed by atoms with Crippen LogP contribution in [0.3, 0.4) is 0 Å². The van der Waals surface area contributed by atoms with Gasteiger partial charge in [-0.1, -0.05) is 33.6 Å². The van der Waals surface area contributed by atoms with Gasteiger partial charge >= 0.3 is 6.03 Å². The topological polar surface area (TPSA) is 84.9 Å². The lowest BCUT2D eigenvalue weighted by Gasteiger charge is -2.26. The highest BCUT2D eigenvalue weighted by Gasteiger charge is 2.37. The molecule has 0 aromatic heterocycles. The molecule has 136 valence electrons. The zero-order valence-electron chi connectivity index (χ0n) is 14.1. The van der Waals surface area contributed by atoms with Gasteiger partial charge in [0, 0.05) is 4.47 Å². The van der Waals surface area contributed by atoms with Gasteiger partial charge in [-0.2, -0.15) is 0 Å². The summed E-state index contributed by atoms with van der Waals surface area (Å²) in [6, 6.07) is 9.44. The quantitative estimate of drug-likeness (QED) is 0.586. The Hall–Kier alpha value is -3.13. The highest BCUT2D eigenvalue weighted by atomic mass is 79.9. The number of aryl methyl sites for hydroxylation is 1. The van der Waals surface area contributed by atoms with Crippen LogP contribution >= 0.6 is 15.9 Å². The first-order valence-electron chi connectivity index (χ1n) is 8.01. The molecule has 7 nitrogen and oxygen atoms in total. The number of urea groups is 1. The zero-order chi connectivity index (χ0) is 19.1. The first-order chi connectivity index (χ1) is 12.9. The minimum absolute atomic E-state index is 0.108. The van der Waals surface area contributed by atoms with Crippen molar-refractivity contribution in [3.8, 4) is 11.5 Å². The second kappa shape index (κ2) is 6.55. The summed E-state index contributed by atoms with van der Waals surface area (Å²) in [7, 11) is 0. The second-order valence-corrected chi connectivity index (χ2v) is 6.87. The van der Waals surface area contributed by atoms with Crippen molar-refractivity contribution in [1.82, 2.24) is 5.32 Å². The lowest BCUT2D eigenvalue weighted by Crippen LogP contribution is -2.54. The average Bonchev–Trinajstić information content (AvgIpc) is 3.07. The fraction of sp³-hybridized carbons (Fsp3) is 0.105. The first kappa shape index (κ1) is 17.3. The number of barbiturate groups is 1. The fourth-order valence-electron chi connectivity index (χ4n) is 2.78. The summed E-state index contributed by atoms with van der Waals surface area (Å²) in [5.41, 5.74) is 1.76. The van der Waals surface area contributed by atoms with Gasteiger partial charge in [-0.25, -0.2) is 9.69 Å². The minimum Gasteiger partial charge on any atom is -0.454 e. The number of benzene rings is 2. The number of hydrogen-bond donors (Lipinski definition) is 1. The summed E-state index contributed by atoms with van der Waals surface area (Å²) in [6.45, 7) is 2.00.